The Morgan fingerprint density at radius 3 is 2.26 bits per heavy atom. The molecule has 0 fully saturated rings. The first-order valence-electron chi connectivity index (χ1n) is 8.85. The molecule has 0 bridgehead atoms. The number of hydrogen-bond acceptors (Lipinski definition) is 2. The van der Waals surface area contributed by atoms with Crippen molar-refractivity contribution in [3.8, 4) is 16.9 Å². The minimum Gasteiger partial charge on any atom is -0.497 e. The van der Waals surface area contributed by atoms with Crippen LogP contribution in [0.1, 0.15) is 49.7 Å². The monoisotopic (exact) mass is 380 g/mol. The lowest BCUT2D eigenvalue weighted by molar-refractivity contribution is -0.139. The van der Waals surface area contributed by atoms with Gasteiger partial charge in [-0.25, -0.2) is 0 Å². The Morgan fingerprint density at radius 1 is 1.07 bits per heavy atom. The van der Waals surface area contributed by atoms with Crippen LogP contribution in [0.5, 0.6) is 5.75 Å². The zero-order valence-corrected chi connectivity index (χ0v) is 15.3. The molecule has 0 radical (unpaired) electrons. The van der Waals surface area contributed by atoms with E-state index in [-0.39, 0.29) is 0 Å². The van der Waals surface area contributed by atoms with Gasteiger partial charge in [0.05, 0.1) is 18.6 Å². The lowest BCUT2D eigenvalue weighted by Crippen LogP contribution is -2.12. The Bertz CT molecular complexity index is 767. The van der Waals surface area contributed by atoms with E-state index in [0.717, 1.165) is 31.4 Å². The van der Waals surface area contributed by atoms with E-state index in [1.807, 2.05) is 6.92 Å². The third-order valence-electron chi connectivity index (χ3n) is 4.51. The highest BCUT2D eigenvalue weighted by Crippen LogP contribution is 2.34. The zero-order chi connectivity index (χ0) is 20.0. The molecule has 2 aromatic rings. The molecule has 0 amide bonds. The summed E-state index contributed by atoms with van der Waals surface area (Å²) >= 11 is 0. The molecular formula is C21H23F3O3. The number of hydrogen-bond donors (Lipinski definition) is 1. The number of halogens is 3. The normalized spacial score (nSPS) is 12.6. The van der Waals surface area contributed by atoms with Crippen molar-refractivity contribution in [3.63, 3.8) is 0 Å². The molecule has 2 aromatic carbocycles. The summed E-state index contributed by atoms with van der Waals surface area (Å²) in [7, 11) is 1.47. The predicted octanol–water partition coefficient (Wildman–Crippen LogP) is 6.13. The maximum absolute atomic E-state index is 12.8. The number of methoxy groups -OCH3 is 1. The summed E-state index contributed by atoms with van der Waals surface area (Å²) in [5.41, 5.74) is 1.06. The van der Waals surface area contributed by atoms with E-state index < -0.39 is 23.6 Å². The van der Waals surface area contributed by atoms with Gasteiger partial charge in [-0.1, -0.05) is 44.4 Å². The van der Waals surface area contributed by atoms with E-state index in [1.165, 1.54) is 19.2 Å². The number of carboxylic acid groups (broad SMARTS) is 1. The van der Waals surface area contributed by atoms with Gasteiger partial charge in [-0.3, -0.25) is 4.79 Å². The summed E-state index contributed by atoms with van der Waals surface area (Å²) in [6.07, 6.45) is -1.17. The van der Waals surface area contributed by atoms with E-state index in [0.29, 0.717) is 28.9 Å². The molecule has 3 nitrogen and oxygen atoms in total. The van der Waals surface area contributed by atoms with Crippen LogP contribution in [0.2, 0.25) is 0 Å². The van der Waals surface area contributed by atoms with Gasteiger partial charge in [0.25, 0.3) is 0 Å². The quantitative estimate of drug-likeness (QED) is 0.561. The van der Waals surface area contributed by atoms with Crippen LogP contribution in [0.3, 0.4) is 0 Å². The van der Waals surface area contributed by atoms with Gasteiger partial charge >= 0.3 is 12.1 Å². The van der Waals surface area contributed by atoms with Crippen molar-refractivity contribution in [1.29, 1.82) is 0 Å². The van der Waals surface area contributed by atoms with Gasteiger partial charge < -0.3 is 9.84 Å². The number of unbranched alkanes of at least 4 members (excludes halogenated alkanes) is 2. The van der Waals surface area contributed by atoms with Crippen molar-refractivity contribution in [2.24, 2.45) is 0 Å². The molecule has 1 atom stereocenters. The lowest BCUT2D eigenvalue weighted by atomic mass is 9.90. The second-order valence-corrected chi connectivity index (χ2v) is 6.46. The molecule has 1 unspecified atom stereocenters. The summed E-state index contributed by atoms with van der Waals surface area (Å²) < 4.78 is 43.6. The molecule has 0 spiro atoms. The molecular weight excluding hydrogens is 357 g/mol. The zero-order valence-electron chi connectivity index (χ0n) is 15.3. The second-order valence-electron chi connectivity index (χ2n) is 6.46. The van der Waals surface area contributed by atoms with Gasteiger partial charge in [-0.15, -0.1) is 0 Å². The fourth-order valence-corrected chi connectivity index (χ4v) is 2.99. The third-order valence-corrected chi connectivity index (χ3v) is 4.51. The predicted molar refractivity (Wildman–Crippen MR) is 98.0 cm³/mol. The average Bonchev–Trinajstić information content (AvgIpc) is 2.64. The minimum absolute atomic E-state index is 0.476. The van der Waals surface area contributed by atoms with Gasteiger partial charge in [0.2, 0.25) is 0 Å². The number of carboxylic acids is 1. The average molecular weight is 380 g/mol. The summed E-state index contributed by atoms with van der Waals surface area (Å²) in [5.74, 6) is -1.12. The molecule has 0 saturated carbocycles. The van der Waals surface area contributed by atoms with E-state index in [1.54, 1.807) is 18.2 Å². The number of aliphatic carboxylic acids is 1. The molecule has 0 aliphatic carbocycles. The Kier molecular flexibility index (Phi) is 6.88. The van der Waals surface area contributed by atoms with Gasteiger partial charge in [0.1, 0.15) is 5.75 Å². The van der Waals surface area contributed by atoms with Gasteiger partial charge in [-0.05, 0) is 47.4 Å². The first kappa shape index (κ1) is 20.8. The van der Waals surface area contributed by atoms with Crippen LogP contribution in [0.15, 0.2) is 42.5 Å². The molecule has 146 valence electrons. The molecule has 27 heavy (non-hydrogen) atoms. The van der Waals surface area contributed by atoms with Crippen LogP contribution in [-0.4, -0.2) is 18.2 Å². The van der Waals surface area contributed by atoms with Crippen LogP contribution >= 0.6 is 0 Å². The lowest BCUT2D eigenvalue weighted by Gasteiger charge is -2.16. The first-order chi connectivity index (χ1) is 12.8. The van der Waals surface area contributed by atoms with Crippen LogP contribution in [0.25, 0.3) is 11.1 Å². The van der Waals surface area contributed by atoms with Crippen molar-refractivity contribution in [3.05, 3.63) is 53.6 Å². The van der Waals surface area contributed by atoms with Gasteiger partial charge in [0.15, 0.2) is 0 Å². The van der Waals surface area contributed by atoms with Crippen molar-refractivity contribution in [1.82, 2.24) is 0 Å². The highest BCUT2D eigenvalue weighted by atomic mass is 19.4. The van der Waals surface area contributed by atoms with E-state index in [9.17, 15) is 23.1 Å². The molecule has 0 saturated heterocycles. The highest BCUT2D eigenvalue weighted by molar-refractivity contribution is 5.78. The summed E-state index contributed by atoms with van der Waals surface area (Å²) in [5, 5.41) is 9.61. The largest absolute Gasteiger partial charge is 0.497 e. The van der Waals surface area contributed by atoms with Gasteiger partial charge in [0, 0.05) is 0 Å². The highest BCUT2D eigenvalue weighted by Gasteiger charge is 2.30. The SMILES string of the molecule is CCCCCC(C(=O)O)c1cc(OC)cc(-c2ccc(C(F)(F)F)cc2)c1. The standard InChI is InChI=1S/C21H23F3O3/c1-3-4-5-6-19(20(25)26)16-11-15(12-18(13-16)27-2)14-7-9-17(10-8-14)21(22,23)24/h7-13,19H,3-6H2,1-2H3,(H,25,26). The Morgan fingerprint density at radius 2 is 1.74 bits per heavy atom. The fraction of sp³-hybridized carbons (Fsp3) is 0.381. The molecule has 0 aliphatic rings. The minimum atomic E-state index is -4.40. The Hall–Kier alpha value is -2.50. The molecule has 0 heterocycles. The van der Waals surface area contributed by atoms with Crippen molar-refractivity contribution in [2.45, 2.75) is 44.7 Å². The smallest absolute Gasteiger partial charge is 0.416 e. The maximum atomic E-state index is 12.8. The molecule has 0 aromatic heterocycles. The number of alkyl halides is 3. The molecule has 1 N–H and O–H groups in total. The number of ether oxygens (including phenoxy) is 1. The van der Waals surface area contributed by atoms with Gasteiger partial charge in [-0.2, -0.15) is 13.2 Å². The Balaban J connectivity index is 2.40. The third kappa shape index (κ3) is 5.49. The molecule has 6 heteroatoms. The summed E-state index contributed by atoms with van der Waals surface area (Å²) in [6.45, 7) is 2.05. The maximum Gasteiger partial charge on any atom is 0.416 e. The number of benzene rings is 2. The summed E-state index contributed by atoms with van der Waals surface area (Å²) in [4.78, 5) is 11.7. The number of carbonyl (C=O) groups is 1. The van der Waals surface area contributed by atoms with Crippen LogP contribution in [0, 0.1) is 0 Å². The van der Waals surface area contributed by atoms with Crippen LogP contribution in [0.4, 0.5) is 13.2 Å². The van der Waals surface area contributed by atoms with Crippen LogP contribution in [-0.2, 0) is 11.0 Å². The van der Waals surface area contributed by atoms with E-state index in [2.05, 4.69) is 0 Å². The molecule has 0 aliphatic heterocycles. The number of rotatable bonds is 8. The summed E-state index contributed by atoms with van der Waals surface area (Å²) in [6, 6.07) is 9.89. The van der Waals surface area contributed by atoms with E-state index in [4.69, 9.17) is 4.74 Å². The topological polar surface area (TPSA) is 46.5 Å². The molecule has 2 rings (SSSR count). The fourth-order valence-electron chi connectivity index (χ4n) is 2.99. The van der Waals surface area contributed by atoms with Crippen molar-refractivity contribution < 1.29 is 27.8 Å². The van der Waals surface area contributed by atoms with E-state index >= 15 is 0 Å². The first-order valence-corrected chi connectivity index (χ1v) is 8.85. The van der Waals surface area contributed by atoms with Crippen molar-refractivity contribution >= 4 is 5.97 Å². The second kappa shape index (κ2) is 8.93. The Labute approximate surface area is 156 Å². The van der Waals surface area contributed by atoms with Crippen LogP contribution < -0.4 is 4.74 Å². The van der Waals surface area contributed by atoms with Crippen molar-refractivity contribution in [2.75, 3.05) is 7.11 Å².